The average molecular weight is 222 g/mol. The van der Waals surface area contributed by atoms with E-state index in [1.165, 1.54) is 0 Å². The van der Waals surface area contributed by atoms with Crippen LogP contribution in [0.5, 0.6) is 11.5 Å². The predicted octanol–water partition coefficient (Wildman–Crippen LogP) is 1.78. The number of hydrogen-bond donors (Lipinski definition) is 2. The van der Waals surface area contributed by atoms with Crippen molar-refractivity contribution in [2.24, 2.45) is 5.84 Å². The first-order valence-corrected chi connectivity index (χ1v) is 4.97. The first-order valence-electron chi connectivity index (χ1n) is 4.97. The molecule has 0 aliphatic heterocycles. The molecule has 16 heavy (non-hydrogen) atoms. The highest BCUT2D eigenvalue weighted by Gasteiger charge is 2.13. The normalized spacial score (nSPS) is 12.0. The minimum absolute atomic E-state index is 0.0835. The molecule has 0 radical (unpaired) electrons. The van der Waals surface area contributed by atoms with E-state index in [0.717, 1.165) is 11.1 Å². The largest absolute Gasteiger partial charge is 0.493 e. The van der Waals surface area contributed by atoms with Gasteiger partial charge in [-0.1, -0.05) is 18.2 Å². The summed E-state index contributed by atoms with van der Waals surface area (Å²) in [5, 5.41) is 0. The fourth-order valence-corrected chi connectivity index (χ4v) is 1.56. The van der Waals surface area contributed by atoms with Crippen LogP contribution in [0.1, 0.15) is 18.5 Å². The fraction of sp³-hybridized carbons (Fsp3) is 0.333. The lowest BCUT2D eigenvalue weighted by molar-refractivity contribution is 0.354. The Hall–Kier alpha value is -1.52. The lowest BCUT2D eigenvalue weighted by atomic mass is 10.0. The minimum Gasteiger partial charge on any atom is -0.493 e. The van der Waals surface area contributed by atoms with Crippen molar-refractivity contribution in [1.82, 2.24) is 5.43 Å². The molecule has 0 aliphatic rings. The van der Waals surface area contributed by atoms with E-state index in [2.05, 4.69) is 12.0 Å². The molecule has 4 nitrogen and oxygen atoms in total. The maximum absolute atomic E-state index is 5.48. The van der Waals surface area contributed by atoms with Crippen molar-refractivity contribution in [3.05, 3.63) is 35.9 Å². The third-order valence-electron chi connectivity index (χ3n) is 2.40. The van der Waals surface area contributed by atoms with Gasteiger partial charge in [0.2, 0.25) is 0 Å². The van der Waals surface area contributed by atoms with Crippen LogP contribution in [0.3, 0.4) is 0 Å². The van der Waals surface area contributed by atoms with Crippen molar-refractivity contribution in [3.63, 3.8) is 0 Å². The van der Waals surface area contributed by atoms with Crippen molar-refractivity contribution in [2.45, 2.75) is 13.0 Å². The summed E-state index contributed by atoms with van der Waals surface area (Å²) in [5.74, 6) is 6.86. The Morgan fingerprint density at radius 3 is 2.38 bits per heavy atom. The Morgan fingerprint density at radius 1 is 1.31 bits per heavy atom. The van der Waals surface area contributed by atoms with Crippen molar-refractivity contribution in [1.29, 1.82) is 0 Å². The lowest BCUT2D eigenvalue weighted by Gasteiger charge is -2.18. The molecule has 0 saturated carbocycles. The molecule has 3 N–H and O–H groups in total. The van der Waals surface area contributed by atoms with E-state index in [4.69, 9.17) is 15.3 Å². The van der Waals surface area contributed by atoms with Gasteiger partial charge in [-0.05, 0) is 24.6 Å². The number of methoxy groups -OCH3 is 2. The highest BCUT2D eigenvalue weighted by Crippen LogP contribution is 2.31. The smallest absolute Gasteiger partial charge is 0.161 e. The number of nitrogens with one attached hydrogen (secondary N) is 1. The van der Waals surface area contributed by atoms with E-state index in [0.29, 0.717) is 11.5 Å². The molecule has 4 heteroatoms. The summed E-state index contributed by atoms with van der Waals surface area (Å²) in [6.45, 7) is 5.80. The number of ether oxygens (including phenoxy) is 2. The van der Waals surface area contributed by atoms with Gasteiger partial charge < -0.3 is 9.47 Å². The van der Waals surface area contributed by atoms with Crippen LogP contribution in [0.25, 0.3) is 0 Å². The zero-order valence-electron chi connectivity index (χ0n) is 9.91. The van der Waals surface area contributed by atoms with Crippen molar-refractivity contribution in [3.8, 4) is 11.5 Å². The molecule has 0 spiro atoms. The molecule has 1 rings (SSSR count). The van der Waals surface area contributed by atoms with E-state index >= 15 is 0 Å². The zero-order valence-corrected chi connectivity index (χ0v) is 9.91. The summed E-state index contributed by atoms with van der Waals surface area (Å²) >= 11 is 0. The molecule has 0 amide bonds. The molecule has 88 valence electrons. The molecular weight excluding hydrogens is 204 g/mol. The number of nitrogens with two attached hydrogens (primary N) is 1. The van der Waals surface area contributed by atoms with E-state index in [1.807, 2.05) is 25.1 Å². The SMILES string of the molecule is C=C(C)C(NN)c1ccc(OC)c(OC)c1. The Kier molecular flexibility index (Phi) is 4.34. The maximum Gasteiger partial charge on any atom is 0.161 e. The standard InChI is InChI=1S/C12H18N2O2/c1-8(2)12(14-13)9-5-6-10(15-3)11(7-9)16-4/h5-7,12,14H,1,13H2,2-4H3. The number of benzene rings is 1. The van der Waals surface area contributed by atoms with Gasteiger partial charge in [0.05, 0.1) is 20.3 Å². The highest BCUT2D eigenvalue weighted by atomic mass is 16.5. The Morgan fingerprint density at radius 2 is 1.94 bits per heavy atom. The molecular formula is C12H18N2O2. The van der Waals surface area contributed by atoms with Crippen molar-refractivity contribution in [2.75, 3.05) is 14.2 Å². The quantitative estimate of drug-likeness (QED) is 0.453. The first kappa shape index (κ1) is 12.5. The Bertz CT molecular complexity index is 377. The van der Waals surface area contributed by atoms with Gasteiger partial charge in [0, 0.05) is 0 Å². The van der Waals surface area contributed by atoms with Crippen molar-refractivity contribution >= 4 is 0 Å². The Labute approximate surface area is 96.0 Å². The molecule has 0 heterocycles. The summed E-state index contributed by atoms with van der Waals surface area (Å²) < 4.78 is 10.4. The van der Waals surface area contributed by atoms with Crippen LogP contribution in [0, 0.1) is 0 Å². The molecule has 1 aromatic rings. The van der Waals surface area contributed by atoms with Crippen LogP contribution in [0.15, 0.2) is 30.4 Å². The van der Waals surface area contributed by atoms with Crippen LogP contribution < -0.4 is 20.7 Å². The second kappa shape index (κ2) is 5.53. The van der Waals surface area contributed by atoms with E-state index < -0.39 is 0 Å². The summed E-state index contributed by atoms with van der Waals surface area (Å²) in [7, 11) is 3.21. The van der Waals surface area contributed by atoms with Gasteiger partial charge in [-0.15, -0.1) is 0 Å². The second-order valence-corrected chi connectivity index (χ2v) is 3.56. The van der Waals surface area contributed by atoms with E-state index in [9.17, 15) is 0 Å². The molecule has 0 bridgehead atoms. The van der Waals surface area contributed by atoms with Crippen LogP contribution in [-0.2, 0) is 0 Å². The molecule has 0 aliphatic carbocycles. The second-order valence-electron chi connectivity index (χ2n) is 3.56. The number of rotatable bonds is 5. The first-order chi connectivity index (χ1) is 7.63. The van der Waals surface area contributed by atoms with Gasteiger partial charge in [-0.25, -0.2) is 5.43 Å². The fourth-order valence-electron chi connectivity index (χ4n) is 1.56. The Balaban J connectivity index is 3.11. The molecule has 1 unspecified atom stereocenters. The molecule has 0 fully saturated rings. The minimum atomic E-state index is -0.0835. The zero-order chi connectivity index (χ0) is 12.1. The van der Waals surface area contributed by atoms with Crippen LogP contribution >= 0.6 is 0 Å². The van der Waals surface area contributed by atoms with Gasteiger partial charge >= 0.3 is 0 Å². The van der Waals surface area contributed by atoms with Gasteiger partial charge in [0.15, 0.2) is 11.5 Å². The van der Waals surface area contributed by atoms with Gasteiger partial charge in [-0.2, -0.15) is 0 Å². The summed E-state index contributed by atoms with van der Waals surface area (Å²) in [6, 6.07) is 5.58. The topological polar surface area (TPSA) is 56.5 Å². The molecule has 1 aromatic carbocycles. The summed E-state index contributed by atoms with van der Waals surface area (Å²) in [6.07, 6.45) is 0. The van der Waals surface area contributed by atoms with Crippen LogP contribution in [-0.4, -0.2) is 14.2 Å². The van der Waals surface area contributed by atoms with Crippen LogP contribution in [0.4, 0.5) is 0 Å². The molecule has 0 saturated heterocycles. The predicted molar refractivity (Wildman–Crippen MR) is 64.4 cm³/mol. The summed E-state index contributed by atoms with van der Waals surface area (Å²) in [5.41, 5.74) is 4.64. The van der Waals surface area contributed by atoms with Gasteiger partial charge in [-0.3, -0.25) is 5.84 Å². The highest BCUT2D eigenvalue weighted by molar-refractivity contribution is 5.45. The third-order valence-corrected chi connectivity index (χ3v) is 2.40. The van der Waals surface area contributed by atoms with Crippen molar-refractivity contribution < 1.29 is 9.47 Å². The molecule has 1 atom stereocenters. The lowest BCUT2D eigenvalue weighted by Crippen LogP contribution is -2.28. The van der Waals surface area contributed by atoms with Crippen LogP contribution in [0.2, 0.25) is 0 Å². The average Bonchev–Trinajstić information content (AvgIpc) is 2.29. The number of hydrazine groups is 1. The van der Waals surface area contributed by atoms with Gasteiger partial charge in [0.1, 0.15) is 0 Å². The molecule has 0 aromatic heterocycles. The number of hydrogen-bond acceptors (Lipinski definition) is 4. The van der Waals surface area contributed by atoms with Gasteiger partial charge in [0.25, 0.3) is 0 Å². The summed E-state index contributed by atoms with van der Waals surface area (Å²) in [4.78, 5) is 0. The van der Waals surface area contributed by atoms with E-state index in [-0.39, 0.29) is 6.04 Å². The third kappa shape index (κ3) is 2.53. The maximum atomic E-state index is 5.48. The monoisotopic (exact) mass is 222 g/mol. The van der Waals surface area contributed by atoms with E-state index in [1.54, 1.807) is 14.2 Å².